The molecule has 1 unspecified atom stereocenters. The van der Waals surface area contributed by atoms with E-state index in [0.717, 1.165) is 23.2 Å². The Labute approximate surface area is 174 Å². The van der Waals surface area contributed by atoms with Gasteiger partial charge < -0.3 is 10.4 Å². The lowest BCUT2D eigenvalue weighted by Gasteiger charge is -2.14. The highest BCUT2D eigenvalue weighted by molar-refractivity contribution is 6.37. The molecule has 1 aromatic heterocycles. The fourth-order valence-corrected chi connectivity index (χ4v) is 3.45. The standard InChI is InChI=1S/C20H18ClF3N4O2/c21-16-14(7-8-15-17(16)26-27-28(15)10-12-1-2-12)13-5-3-11(4-6-13)9-25-19(30)18(29)20(22,23)24/h3-8,12,18,29H,1-2,9-10H2,(H,25,30). The number of rotatable bonds is 6. The number of halogens is 4. The number of aromatic nitrogens is 3. The molecule has 2 N–H and O–H groups in total. The van der Waals surface area contributed by atoms with Gasteiger partial charge in [0.2, 0.25) is 6.10 Å². The van der Waals surface area contributed by atoms with E-state index < -0.39 is 18.2 Å². The molecule has 0 aliphatic heterocycles. The Morgan fingerprint density at radius 3 is 2.57 bits per heavy atom. The van der Waals surface area contributed by atoms with Gasteiger partial charge in [-0.25, -0.2) is 4.68 Å². The lowest BCUT2D eigenvalue weighted by molar-refractivity contribution is -0.205. The van der Waals surface area contributed by atoms with E-state index in [1.807, 2.05) is 16.8 Å². The van der Waals surface area contributed by atoms with Crippen molar-refractivity contribution in [2.75, 3.05) is 0 Å². The quantitative estimate of drug-likeness (QED) is 0.615. The number of amides is 1. The molecule has 1 aliphatic carbocycles. The van der Waals surface area contributed by atoms with E-state index in [0.29, 0.717) is 22.0 Å². The van der Waals surface area contributed by atoms with Crippen molar-refractivity contribution in [3.8, 4) is 11.1 Å². The Bertz CT molecular complexity index is 1080. The molecule has 1 heterocycles. The van der Waals surface area contributed by atoms with E-state index in [-0.39, 0.29) is 6.54 Å². The van der Waals surface area contributed by atoms with Gasteiger partial charge in [-0.2, -0.15) is 13.2 Å². The van der Waals surface area contributed by atoms with E-state index in [1.54, 1.807) is 24.3 Å². The average Bonchev–Trinajstić information content (AvgIpc) is 3.44. The number of nitrogens with zero attached hydrogens (tertiary/aromatic N) is 3. The second-order valence-electron chi connectivity index (χ2n) is 7.37. The van der Waals surface area contributed by atoms with Crippen molar-refractivity contribution in [1.29, 1.82) is 0 Å². The van der Waals surface area contributed by atoms with Gasteiger partial charge in [-0.15, -0.1) is 5.10 Å². The van der Waals surface area contributed by atoms with Gasteiger partial charge in [-0.05, 0) is 36.0 Å². The molecule has 4 rings (SSSR count). The van der Waals surface area contributed by atoms with E-state index >= 15 is 0 Å². The first kappa shape index (κ1) is 20.6. The van der Waals surface area contributed by atoms with Gasteiger partial charge in [0, 0.05) is 18.7 Å². The van der Waals surface area contributed by atoms with E-state index in [2.05, 4.69) is 15.6 Å². The number of alkyl halides is 3. The Morgan fingerprint density at radius 1 is 1.23 bits per heavy atom. The maximum atomic E-state index is 12.3. The van der Waals surface area contributed by atoms with Crippen molar-refractivity contribution in [3.63, 3.8) is 0 Å². The van der Waals surface area contributed by atoms with Crippen LogP contribution in [0.4, 0.5) is 13.2 Å². The van der Waals surface area contributed by atoms with Crippen LogP contribution >= 0.6 is 11.6 Å². The van der Waals surface area contributed by atoms with Crippen molar-refractivity contribution >= 4 is 28.5 Å². The van der Waals surface area contributed by atoms with Gasteiger partial charge in [0.05, 0.1) is 10.5 Å². The highest BCUT2D eigenvalue weighted by atomic mass is 35.5. The van der Waals surface area contributed by atoms with Crippen molar-refractivity contribution in [2.24, 2.45) is 5.92 Å². The van der Waals surface area contributed by atoms with Crippen LogP contribution in [0.25, 0.3) is 22.2 Å². The molecular formula is C20H18ClF3N4O2. The minimum atomic E-state index is -5.00. The largest absolute Gasteiger partial charge is 0.423 e. The lowest BCUT2D eigenvalue weighted by atomic mass is 10.0. The number of aliphatic hydroxyl groups excluding tert-OH is 1. The second-order valence-corrected chi connectivity index (χ2v) is 7.75. The molecule has 1 amide bonds. The topological polar surface area (TPSA) is 80.0 Å². The highest BCUT2D eigenvalue weighted by Gasteiger charge is 2.43. The zero-order valence-electron chi connectivity index (χ0n) is 15.7. The van der Waals surface area contributed by atoms with Crippen LogP contribution < -0.4 is 5.32 Å². The monoisotopic (exact) mass is 438 g/mol. The fourth-order valence-electron chi connectivity index (χ4n) is 3.14. The first-order valence-corrected chi connectivity index (χ1v) is 9.75. The van der Waals surface area contributed by atoms with Crippen LogP contribution in [-0.4, -0.2) is 38.3 Å². The maximum Gasteiger partial charge on any atom is 0.423 e. The van der Waals surface area contributed by atoms with Gasteiger partial charge in [0.15, 0.2) is 0 Å². The van der Waals surface area contributed by atoms with Crippen LogP contribution in [0.2, 0.25) is 5.02 Å². The Hall–Kier alpha value is -2.65. The molecule has 30 heavy (non-hydrogen) atoms. The zero-order chi connectivity index (χ0) is 21.5. The number of hydrogen-bond donors (Lipinski definition) is 2. The molecule has 0 bridgehead atoms. The second kappa shape index (κ2) is 7.88. The number of nitrogens with one attached hydrogen (secondary N) is 1. The summed E-state index contributed by atoms with van der Waals surface area (Å²) in [6.07, 6.45) is -5.63. The predicted molar refractivity (Wildman–Crippen MR) is 105 cm³/mol. The first-order chi connectivity index (χ1) is 14.2. The maximum absolute atomic E-state index is 12.3. The molecule has 158 valence electrons. The smallest absolute Gasteiger partial charge is 0.376 e. The number of carbonyl (C=O) groups excluding carboxylic acids is 1. The predicted octanol–water partition coefficient (Wildman–Crippen LogP) is 3.70. The number of hydrogen-bond acceptors (Lipinski definition) is 4. The summed E-state index contributed by atoms with van der Waals surface area (Å²) in [6, 6.07) is 10.6. The molecule has 3 aromatic rings. The average molecular weight is 439 g/mol. The van der Waals surface area contributed by atoms with Crippen LogP contribution in [0, 0.1) is 5.92 Å². The Kier molecular flexibility index (Phi) is 5.42. The lowest BCUT2D eigenvalue weighted by Crippen LogP contribution is -2.43. The van der Waals surface area contributed by atoms with E-state index in [1.165, 1.54) is 12.8 Å². The van der Waals surface area contributed by atoms with Gasteiger partial charge >= 0.3 is 6.18 Å². The normalized spacial score (nSPS) is 15.4. The number of fused-ring (bicyclic) bond motifs is 1. The summed E-state index contributed by atoms with van der Waals surface area (Å²) in [7, 11) is 0. The molecule has 0 radical (unpaired) electrons. The van der Waals surface area contributed by atoms with E-state index in [9.17, 15) is 18.0 Å². The van der Waals surface area contributed by atoms with Crippen molar-refractivity contribution in [2.45, 2.75) is 38.2 Å². The van der Waals surface area contributed by atoms with Crippen molar-refractivity contribution in [1.82, 2.24) is 20.3 Å². The summed E-state index contributed by atoms with van der Waals surface area (Å²) < 4.78 is 38.9. The molecule has 1 atom stereocenters. The molecule has 1 aliphatic rings. The Balaban J connectivity index is 1.48. The molecule has 0 spiro atoms. The summed E-state index contributed by atoms with van der Waals surface area (Å²) in [4.78, 5) is 11.4. The first-order valence-electron chi connectivity index (χ1n) is 9.37. The molecule has 2 aromatic carbocycles. The third kappa shape index (κ3) is 4.27. The number of aliphatic hydroxyl groups is 1. The van der Waals surface area contributed by atoms with Gasteiger partial charge in [0.1, 0.15) is 5.52 Å². The summed E-state index contributed by atoms with van der Waals surface area (Å²) in [5, 5.41) is 19.9. The van der Waals surface area contributed by atoms with Gasteiger partial charge in [-0.1, -0.05) is 47.1 Å². The molecule has 6 nitrogen and oxygen atoms in total. The minimum Gasteiger partial charge on any atom is -0.376 e. The Morgan fingerprint density at radius 2 is 1.93 bits per heavy atom. The molecule has 0 saturated heterocycles. The van der Waals surface area contributed by atoms with E-state index in [4.69, 9.17) is 16.7 Å². The SMILES string of the molecule is O=C(NCc1ccc(-c2ccc3c(nnn3CC3CC3)c2Cl)cc1)C(O)C(F)(F)F. The van der Waals surface area contributed by atoms with Crippen LogP contribution in [0.1, 0.15) is 18.4 Å². The van der Waals surface area contributed by atoms with Crippen LogP contribution in [0.15, 0.2) is 36.4 Å². The fraction of sp³-hybridized carbons (Fsp3) is 0.350. The summed E-state index contributed by atoms with van der Waals surface area (Å²) in [5.74, 6) is -0.840. The van der Waals surface area contributed by atoms with Gasteiger partial charge in [0.25, 0.3) is 5.91 Å². The number of carbonyl (C=O) groups is 1. The van der Waals surface area contributed by atoms with Crippen molar-refractivity contribution < 1.29 is 23.1 Å². The zero-order valence-corrected chi connectivity index (χ0v) is 16.4. The third-order valence-electron chi connectivity index (χ3n) is 5.04. The highest BCUT2D eigenvalue weighted by Crippen LogP contribution is 2.35. The molecule has 1 fully saturated rings. The minimum absolute atomic E-state index is 0.144. The van der Waals surface area contributed by atoms with Crippen molar-refractivity contribution in [3.05, 3.63) is 47.0 Å². The molecule has 1 saturated carbocycles. The summed E-state index contributed by atoms with van der Waals surface area (Å²) in [5.41, 5.74) is 3.62. The summed E-state index contributed by atoms with van der Waals surface area (Å²) in [6.45, 7) is 0.685. The summed E-state index contributed by atoms with van der Waals surface area (Å²) >= 11 is 6.55. The molecular weight excluding hydrogens is 421 g/mol. The number of benzene rings is 2. The van der Waals surface area contributed by atoms with Gasteiger partial charge in [-0.3, -0.25) is 4.79 Å². The third-order valence-corrected chi connectivity index (χ3v) is 5.43. The van der Waals surface area contributed by atoms with Crippen LogP contribution in [0.5, 0.6) is 0 Å². The van der Waals surface area contributed by atoms with Crippen LogP contribution in [-0.2, 0) is 17.9 Å². The van der Waals surface area contributed by atoms with Crippen LogP contribution in [0.3, 0.4) is 0 Å². The molecule has 10 heteroatoms.